The van der Waals surface area contributed by atoms with Crippen LogP contribution in [0.15, 0.2) is 30.3 Å². The normalized spacial score (nSPS) is 22.4. The summed E-state index contributed by atoms with van der Waals surface area (Å²) in [6, 6.07) is 13.5. The van der Waals surface area contributed by atoms with Gasteiger partial charge in [0.15, 0.2) is 23.0 Å². The summed E-state index contributed by atoms with van der Waals surface area (Å²) >= 11 is 0. The van der Waals surface area contributed by atoms with Gasteiger partial charge in [0, 0.05) is 19.1 Å². The van der Waals surface area contributed by atoms with Gasteiger partial charge in [-0.05, 0) is 85.9 Å². The number of methoxy groups -OCH3 is 4. The Hall–Kier alpha value is -2.91. The molecule has 0 atom stereocenters. The summed E-state index contributed by atoms with van der Waals surface area (Å²) in [5, 5.41) is 10.1. The van der Waals surface area contributed by atoms with Gasteiger partial charge in [0.1, 0.15) is 0 Å². The summed E-state index contributed by atoms with van der Waals surface area (Å²) in [6.45, 7) is 1.99. The minimum Gasteiger partial charge on any atom is -0.493 e. The molecule has 0 amide bonds. The molecule has 0 N–H and O–H groups in total. The second-order valence-corrected chi connectivity index (χ2v) is 9.51. The van der Waals surface area contributed by atoms with Crippen molar-refractivity contribution in [2.75, 3.05) is 35.0 Å². The zero-order valence-corrected chi connectivity index (χ0v) is 20.9. The van der Waals surface area contributed by atoms with Crippen molar-refractivity contribution in [3.8, 4) is 29.1 Å². The van der Waals surface area contributed by atoms with Crippen LogP contribution < -0.4 is 18.9 Å². The highest BCUT2D eigenvalue weighted by Crippen LogP contribution is 2.43. The lowest BCUT2D eigenvalue weighted by molar-refractivity contribution is 0.0997. The Balaban J connectivity index is 1.37. The van der Waals surface area contributed by atoms with Crippen LogP contribution in [0.4, 0.5) is 0 Å². The standard InChI is InChI=1S/C28H36N2O4/c1-31-24-6-5-20(15-25(24)32-2)7-11-28(19-29)12-8-23(9-13-28)30-14-10-21-16-26(33-3)27(34-4)17-22(21)18-30/h5-6,15-17,23H,7-14,18H2,1-4H3. The predicted octanol–water partition coefficient (Wildman–Crippen LogP) is 5.16. The van der Waals surface area contributed by atoms with Crippen LogP contribution in [0.25, 0.3) is 0 Å². The zero-order chi connectivity index (χ0) is 24.1. The first-order valence-corrected chi connectivity index (χ1v) is 12.1. The lowest BCUT2D eigenvalue weighted by Crippen LogP contribution is -2.43. The summed E-state index contributed by atoms with van der Waals surface area (Å²) in [5.41, 5.74) is 3.63. The third-order valence-electron chi connectivity index (χ3n) is 7.75. The number of hydrogen-bond acceptors (Lipinski definition) is 6. The van der Waals surface area contributed by atoms with E-state index in [1.807, 2.05) is 12.1 Å². The number of nitriles is 1. The molecule has 1 aliphatic heterocycles. The fraction of sp³-hybridized carbons (Fsp3) is 0.536. The van der Waals surface area contributed by atoms with Gasteiger partial charge in [-0.2, -0.15) is 5.26 Å². The van der Waals surface area contributed by atoms with Crippen LogP contribution in [0.5, 0.6) is 23.0 Å². The van der Waals surface area contributed by atoms with Crippen molar-refractivity contribution in [3.05, 3.63) is 47.0 Å². The van der Waals surface area contributed by atoms with Gasteiger partial charge in [-0.25, -0.2) is 0 Å². The molecular weight excluding hydrogens is 428 g/mol. The van der Waals surface area contributed by atoms with E-state index in [4.69, 9.17) is 18.9 Å². The fourth-order valence-corrected chi connectivity index (χ4v) is 5.57. The molecule has 0 aromatic heterocycles. The van der Waals surface area contributed by atoms with Crippen LogP contribution in [0.1, 0.15) is 48.8 Å². The maximum atomic E-state index is 10.1. The lowest BCUT2D eigenvalue weighted by atomic mass is 9.70. The van der Waals surface area contributed by atoms with E-state index in [0.29, 0.717) is 6.04 Å². The quantitative estimate of drug-likeness (QED) is 0.537. The van der Waals surface area contributed by atoms with E-state index in [0.717, 1.165) is 81.0 Å². The molecule has 2 aromatic carbocycles. The van der Waals surface area contributed by atoms with E-state index in [-0.39, 0.29) is 5.41 Å². The number of rotatable bonds is 8. The van der Waals surface area contributed by atoms with E-state index >= 15 is 0 Å². The Bertz CT molecular complexity index is 1040. The maximum absolute atomic E-state index is 10.1. The van der Waals surface area contributed by atoms with Gasteiger partial charge in [0.25, 0.3) is 0 Å². The van der Waals surface area contributed by atoms with Crippen molar-refractivity contribution < 1.29 is 18.9 Å². The topological polar surface area (TPSA) is 64.0 Å². The van der Waals surface area contributed by atoms with Crippen molar-refractivity contribution in [2.45, 2.75) is 57.5 Å². The van der Waals surface area contributed by atoms with E-state index in [1.54, 1.807) is 28.4 Å². The molecule has 6 heteroatoms. The van der Waals surface area contributed by atoms with Crippen molar-refractivity contribution >= 4 is 0 Å². The smallest absolute Gasteiger partial charge is 0.161 e. The molecule has 6 nitrogen and oxygen atoms in total. The van der Waals surface area contributed by atoms with Crippen molar-refractivity contribution in [2.24, 2.45) is 5.41 Å². The molecule has 0 radical (unpaired) electrons. The average molecular weight is 465 g/mol. The molecule has 2 aliphatic rings. The van der Waals surface area contributed by atoms with Gasteiger partial charge in [-0.3, -0.25) is 4.90 Å². The van der Waals surface area contributed by atoms with Gasteiger partial charge in [0.05, 0.1) is 39.9 Å². The Morgan fingerprint density at radius 3 is 2.12 bits per heavy atom. The zero-order valence-electron chi connectivity index (χ0n) is 20.9. The van der Waals surface area contributed by atoms with Crippen LogP contribution in [0, 0.1) is 16.7 Å². The molecule has 1 fully saturated rings. The minimum atomic E-state index is -0.242. The van der Waals surface area contributed by atoms with Crippen LogP contribution >= 0.6 is 0 Å². The first kappa shape index (κ1) is 24.2. The molecule has 2 aromatic rings. The molecule has 1 heterocycles. The maximum Gasteiger partial charge on any atom is 0.161 e. The SMILES string of the molecule is COc1ccc(CCC2(C#N)CCC(N3CCc4cc(OC)c(OC)cc4C3)CC2)cc1OC. The Morgan fingerprint density at radius 2 is 1.50 bits per heavy atom. The summed E-state index contributed by atoms with van der Waals surface area (Å²) in [6.07, 6.45) is 6.83. The van der Waals surface area contributed by atoms with E-state index in [1.165, 1.54) is 16.7 Å². The van der Waals surface area contributed by atoms with Gasteiger partial charge in [-0.1, -0.05) is 6.07 Å². The Morgan fingerprint density at radius 1 is 0.882 bits per heavy atom. The van der Waals surface area contributed by atoms with E-state index in [9.17, 15) is 5.26 Å². The summed E-state index contributed by atoms with van der Waals surface area (Å²) in [4.78, 5) is 2.60. The fourth-order valence-electron chi connectivity index (χ4n) is 5.57. The van der Waals surface area contributed by atoms with Gasteiger partial charge >= 0.3 is 0 Å². The number of benzene rings is 2. The minimum absolute atomic E-state index is 0.242. The average Bonchev–Trinajstić information content (AvgIpc) is 2.90. The molecule has 4 rings (SSSR count). The highest BCUT2D eigenvalue weighted by Gasteiger charge is 2.37. The second-order valence-electron chi connectivity index (χ2n) is 9.51. The molecule has 0 unspecified atom stereocenters. The molecule has 34 heavy (non-hydrogen) atoms. The number of hydrogen-bond donors (Lipinski definition) is 0. The largest absolute Gasteiger partial charge is 0.493 e. The molecule has 1 aliphatic carbocycles. The van der Waals surface area contributed by atoms with E-state index in [2.05, 4.69) is 29.2 Å². The van der Waals surface area contributed by atoms with Gasteiger partial charge < -0.3 is 18.9 Å². The lowest BCUT2D eigenvalue weighted by Gasteiger charge is -2.42. The number of nitrogens with zero attached hydrogens (tertiary/aromatic N) is 2. The van der Waals surface area contributed by atoms with Crippen LogP contribution in [-0.4, -0.2) is 45.9 Å². The Kier molecular flexibility index (Phi) is 7.53. The number of ether oxygens (including phenoxy) is 4. The molecule has 0 spiro atoms. The first-order chi connectivity index (χ1) is 16.5. The summed E-state index contributed by atoms with van der Waals surface area (Å²) < 4.78 is 21.8. The summed E-state index contributed by atoms with van der Waals surface area (Å²) in [5.74, 6) is 3.08. The monoisotopic (exact) mass is 464 g/mol. The summed E-state index contributed by atoms with van der Waals surface area (Å²) in [7, 11) is 6.68. The predicted molar refractivity (Wildman–Crippen MR) is 132 cm³/mol. The third kappa shape index (κ3) is 4.95. The highest BCUT2D eigenvalue weighted by atomic mass is 16.5. The van der Waals surface area contributed by atoms with Crippen LogP contribution in [0.2, 0.25) is 0 Å². The molecular formula is C28H36N2O4. The highest BCUT2D eigenvalue weighted by molar-refractivity contribution is 5.48. The van der Waals surface area contributed by atoms with Gasteiger partial charge in [0.2, 0.25) is 0 Å². The van der Waals surface area contributed by atoms with Crippen molar-refractivity contribution in [1.82, 2.24) is 4.90 Å². The number of aryl methyl sites for hydroxylation is 1. The molecule has 1 saturated carbocycles. The van der Waals surface area contributed by atoms with Crippen molar-refractivity contribution in [3.63, 3.8) is 0 Å². The Labute approximate surface area is 203 Å². The van der Waals surface area contributed by atoms with Gasteiger partial charge in [-0.15, -0.1) is 0 Å². The first-order valence-electron chi connectivity index (χ1n) is 12.1. The van der Waals surface area contributed by atoms with Crippen LogP contribution in [0.3, 0.4) is 0 Å². The molecule has 182 valence electrons. The van der Waals surface area contributed by atoms with Crippen molar-refractivity contribution in [1.29, 1.82) is 5.26 Å². The van der Waals surface area contributed by atoms with E-state index < -0.39 is 0 Å². The third-order valence-corrected chi connectivity index (χ3v) is 7.75. The number of fused-ring (bicyclic) bond motifs is 1. The molecule has 0 saturated heterocycles. The van der Waals surface area contributed by atoms with Crippen LogP contribution in [-0.2, 0) is 19.4 Å². The second kappa shape index (κ2) is 10.6. The molecule has 0 bridgehead atoms.